The van der Waals surface area contributed by atoms with E-state index >= 15 is 0 Å². The first-order valence-electron chi connectivity index (χ1n) is 9.29. The third kappa shape index (κ3) is 6.10. The highest BCUT2D eigenvalue weighted by Crippen LogP contribution is 2.28. The van der Waals surface area contributed by atoms with E-state index in [0.717, 1.165) is 24.7 Å². The number of aliphatic carboxylic acids is 1. The van der Waals surface area contributed by atoms with E-state index in [1.165, 1.54) is 5.56 Å². The van der Waals surface area contributed by atoms with Crippen LogP contribution in [0.1, 0.15) is 11.1 Å². The zero-order valence-corrected chi connectivity index (χ0v) is 17.3. The summed E-state index contributed by atoms with van der Waals surface area (Å²) in [4.78, 5) is 27.4. The molecule has 0 radical (unpaired) electrons. The largest absolute Gasteiger partial charge is 0.482 e. The molecule has 1 amide bonds. The summed E-state index contributed by atoms with van der Waals surface area (Å²) in [6, 6.07) is 12.7. The second-order valence-electron chi connectivity index (χ2n) is 6.87. The number of carboxylic acids is 1. The van der Waals surface area contributed by atoms with Crippen LogP contribution < -0.4 is 4.74 Å². The second-order valence-corrected chi connectivity index (χ2v) is 7.69. The Balaban J connectivity index is 1.47. The topological polar surface area (TPSA) is 70.1 Å². The average molecular weight is 437 g/mol. The van der Waals surface area contributed by atoms with Crippen molar-refractivity contribution in [2.45, 2.75) is 13.0 Å². The summed E-state index contributed by atoms with van der Waals surface area (Å²) in [6.07, 6.45) is -0.195. The maximum absolute atomic E-state index is 12.5. The predicted octanol–water partition coefficient (Wildman–Crippen LogP) is 3.34. The molecular formula is C21H22Cl2N2O4. The summed E-state index contributed by atoms with van der Waals surface area (Å²) in [5, 5.41) is 9.88. The Hall–Kier alpha value is -2.28. The minimum atomic E-state index is -0.975. The minimum absolute atomic E-state index is 0.115. The van der Waals surface area contributed by atoms with Gasteiger partial charge in [-0.25, -0.2) is 0 Å². The van der Waals surface area contributed by atoms with Crippen LogP contribution in [-0.2, 0) is 22.6 Å². The number of amides is 1. The number of carboxylic acid groups (broad SMARTS) is 1. The van der Waals surface area contributed by atoms with Gasteiger partial charge in [-0.1, -0.05) is 47.5 Å². The number of ether oxygens (including phenoxy) is 1. The molecule has 29 heavy (non-hydrogen) atoms. The number of halogens is 2. The Morgan fingerprint density at radius 3 is 2.34 bits per heavy atom. The van der Waals surface area contributed by atoms with Crippen LogP contribution in [0.2, 0.25) is 10.0 Å². The Kier molecular flexibility index (Phi) is 7.36. The molecule has 1 saturated heterocycles. The molecule has 2 aromatic carbocycles. The van der Waals surface area contributed by atoms with Gasteiger partial charge in [-0.3, -0.25) is 14.5 Å². The fourth-order valence-electron chi connectivity index (χ4n) is 3.20. The molecule has 1 N–H and O–H groups in total. The lowest BCUT2D eigenvalue weighted by molar-refractivity contribution is -0.136. The Morgan fingerprint density at radius 1 is 1.00 bits per heavy atom. The number of nitrogens with zero attached hydrogens (tertiary/aromatic N) is 2. The number of benzene rings is 2. The lowest BCUT2D eigenvalue weighted by Crippen LogP contribution is -2.49. The number of carbonyl (C=O) groups is 2. The summed E-state index contributed by atoms with van der Waals surface area (Å²) < 4.78 is 5.57. The van der Waals surface area contributed by atoms with Gasteiger partial charge < -0.3 is 14.7 Å². The van der Waals surface area contributed by atoms with Crippen molar-refractivity contribution >= 4 is 35.1 Å². The fraction of sp³-hybridized carbons (Fsp3) is 0.333. The van der Waals surface area contributed by atoms with Crippen LogP contribution in [0.25, 0.3) is 0 Å². The molecule has 0 unspecified atom stereocenters. The number of hydrogen-bond acceptors (Lipinski definition) is 4. The summed E-state index contributed by atoms with van der Waals surface area (Å²) in [7, 11) is 0. The van der Waals surface area contributed by atoms with Gasteiger partial charge in [0.05, 0.1) is 11.4 Å². The predicted molar refractivity (Wildman–Crippen MR) is 112 cm³/mol. The van der Waals surface area contributed by atoms with Crippen LogP contribution in [0, 0.1) is 0 Å². The quantitative estimate of drug-likeness (QED) is 0.720. The van der Waals surface area contributed by atoms with Crippen LogP contribution >= 0.6 is 23.2 Å². The number of carbonyl (C=O) groups excluding carboxylic acids is 1. The molecule has 0 spiro atoms. The van der Waals surface area contributed by atoms with Gasteiger partial charge in [0.1, 0.15) is 5.75 Å². The van der Waals surface area contributed by atoms with Crippen molar-refractivity contribution < 1.29 is 19.4 Å². The Bertz CT molecular complexity index is 865. The summed E-state index contributed by atoms with van der Waals surface area (Å²) in [6.45, 7) is 3.51. The first-order chi connectivity index (χ1) is 13.9. The molecule has 6 nitrogen and oxygen atoms in total. The minimum Gasteiger partial charge on any atom is -0.482 e. The molecule has 1 aliphatic rings. The standard InChI is InChI=1S/C21H22Cl2N2O4/c22-17-6-4-15(5-7-17)13-24-8-10-25(11-9-24)19(26)14-29-18-3-1-2-16(21(18)23)12-20(27)28/h1-7H,8-14H2,(H,27,28). The molecule has 0 bridgehead atoms. The van der Waals surface area contributed by atoms with E-state index in [0.29, 0.717) is 24.4 Å². The van der Waals surface area contributed by atoms with Crippen LogP contribution in [0.5, 0.6) is 5.75 Å². The van der Waals surface area contributed by atoms with Gasteiger partial charge >= 0.3 is 5.97 Å². The van der Waals surface area contributed by atoms with E-state index in [4.69, 9.17) is 33.0 Å². The molecule has 154 valence electrons. The third-order valence-corrected chi connectivity index (χ3v) is 5.46. The number of hydrogen-bond donors (Lipinski definition) is 1. The van der Waals surface area contributed by atoms with Crippen LogP contribution in [0.4, 0.5) is 0 Å². The van der Waals surface area contributed by atoms with Gasteiger partial charge in [-0.2, -0.15) is 0 Å². The normalized spacial score (nSPS) is 14.6. The average Bonchev–Trinajstić information content (AvgIpc) is 2.70. The molecular weight excluding hydrogens is 415 g/mol. The Morgan fingerprint density at radius 2 is 1.69 bits per heavy atom. The highest BCUT2D eigenvalue weighted by atomic mass is 35.5. The highest BCUT2D eigenvalue weighted by Gasteiger charge is 2.22. The number of rotatable bonds is 7. The molecule has 0 aliphatic carbocycles. The molecule has 1 aliphatic heterocycles. The van der Waals surface area contributed by atoms with E-state index in [9.17, 15) is 9.59 Å². The van der Waals surface area contributed by atoms with Crippen LogP contribution in [-0.4, -0.2) is 59.6 Å². The summed E-state index contributed by atoms with van der Waals surface area (Å²) in [5.41, 5.74) is 1.65. The molecule has 8 heteroatoms. The van der Waals surface area contributed by atoms with E-state index in [-0.39, 0.29) is 24.0 Å². The van der Waals surface area contributed by atoms with Crippen LogP contribution in [0.3, 0.4) is 0 Å². The molecule has 2 aromatic rings. The fourth-order valence-corrected chi connectivity index (χ4v) is 3.57. The van der Waals surface area contributed by atoms with Crippen molar-refractivity contribution in [2.75, 3.05) is 32.8 Å². The molecule has 1 heterocycles. The van der Waals surface area contributed by atoms with Crippen molar-refractivity contribution in [1.29, 1.82) is 0 Å². The lowest BCUT2D eigenvalue weighted by atomic mass is 10.1. The molecule has 0 saturated carbocycles. The van der Waals surface area contributed by atoms with Crippen molar-refractivity contribution in [1.82, 2.24) is 9.80 Å². The van der Waals surface area contributed by atoms with Crippen LogP contribution in [0.15, 0.2) is 42.5 Å². The van der Waals surface area contributed by atoms with E-state index < -0.39 is 5.97 Å². The SMILES string of the molecule is O=C(O)Cc1cccc(OCC(=O)N2CCN(Cc3ccc(Cl)cc3)CC2)c1Cl. The van der Waals surface area contributed by atoms with Gasteiger partial charge in [0, 0.05) is 37.7 Å². The van der Waals surface area contributed by atoms with Gasteiger partial charge in [0.2, 0.25) is 0 Å². The van der Waals surface area contributed by atoms with Gasteiger partial charge in [0.25, 0.3) is 5.91 Å². The zero-order chi connectivity index (χ0) is 20.8. The lowest BCUT2D eigenvalue weighted by Gasteiger charge is -2.34. The maximum Gasteiger partial charge on any atom is 0.307 e. The van der Waals surface area contributed by atoms with E-state index in [1.807, 2.05) is 24.3 Å². The summed E-state index contributed by atoms with van der Waals surface area (Å²) in [5.74, 6) is -0.771. The van der Waals surface area contributed by atoms with E-state index in [2.05, 4.69) is 4.90 Å². The van der Waals surface area contributed by atoms with Crippen molar-refractivity contribution in [3.8, 4) is 5.75 Å². The molecule has 3 rings (SSSR count). The number of piperazine rings is 1. The molecule has 0 aromatic heterocycles. The molecule has 0 atom stereocenters. The van der Waals surface area contributed by atoms with Crippen molar-refractivity contribution in [3.63, 3.8) is 0 Å². The maximum atomic E-state index is 12.5. The third-order valence-electron chi connectivity index (χ3n) is 4.78. The van der Waals surface area contributed by atoms with Gasteiger partial charge in [0.15, 0.2) is 6.61 Å². The summed E-state index contributed by atoms with van der Waals surface area (Å²) >= 11 is 12.1. The van der Waals surface area contributed by atoms with E-state index in [1.54, 1.807) is 23.1 Å². The van der Waals surface area contributed by atoms with Gasteiger partial charge in [-0.05, 0) is 29.3 Å². The van der Waals surface area contributed by atoms with Gasteiger partial charge in [-0.15, -0.1) is 0 Å². The van der Waals surface area contributed by atoms with Crippen molar-refractivity contribution in [2.24, 2.45) is 0 Å². The highest BCUT2D eigenvalue weighted by molar-refractivity contribution is 6.33. The molecule has 1 fully saturated rings. The monoisotopic (exact) mass is 436 g/mol. The zero-order valence-electron chi connectivity index (χ0n) is 15.8. The first-order valence-corrected chi connectivity index (χ1v) is 10.0. The first kappa shape index (κ1) is 21.4. The van der Waals surface area contributed by atoms with Crippen molar-refractivity contribution in [3.05, 3.63) is 63.6 Å². The smallest absolute Gasteiger partial charge is 0.307 e. The Labute approximate surface area is 179 Å². The second kappa shape index (κ2) is 9.96.